The van der Waals surface area contributed by atoms with Crippen LogP contribution in [0.4, 0.5) is 5.69 Å². The van der Waals surface area contributed by atoms with Gasteiger partial charge in [0, 0.05) is 15.9 Å². The largest absolute Gasteiger partial charge is 0.452 e. The van der Waals surface area contributed by atoms with Crippen molar-refractivity contribution in [3.8, 4) is 0 Å². The molecule has 142 valence electrons. The summed E-state index contributed by atoms with van der Waals surface area (Å²) in [5.74, 6) is -0.543. The monoisotopic (exact) mass is 457 g/mol. The summed E-state index contributed by atoms with van der Waals surface area (Å²) >= 11 is 4.72. The molecule has 1 heterocycles. The molecule has 0 fully saturated rings. The molecule has 0 bridgehead atoms. The smallest absolute Gasteiger partial charge is 0.331 e. The number of ether oxygens (including phenoxy) is 1. The Morgan fingerprint density at radius 3 is 2.54 bits per heavy atom. The van der Waals surface area contributed by atoms with Crippen LogP contribution >= 0.6 is 27.7 Å². The van der Waals surface area contributed by atoms with Crippen molar-refractivity contribution in [2.45, 2.75) is 9.79 Å². The molecule has 7 heteroatoms. The number of carbonyl (C=O) groups is 2. The van der Waals surface area contributed by atoms with Gasteiger partial charge in [-0.3, -0.25) is 4.79 Å². The Kier molecular flexibility index (Phi) is 7.11. The standard InChI is InChI=1S/C21H16BrNO4S/c22-19-12-10-15(27-19)11-13-21(25)26-14-20(24)23-17-8-4-5-9-18(17)28-16-6-2-1-3-7-16/h1-13H,14H2,(H,23,24). The zero-order chi connectivity index (χ0) is 19.8. The molecule has 28 heavy (non-hydrogen) atoms. The van der Waals surface area contributed by atoms with E-state index < -0.39 is 11.9 Å². The first-order chi connectivity index (χ1) is 13.6. The predicted molar refractivity (Wildman–Crippen MR) is 112 cm³/mol. The van der Waals surface area contributed by atoms with Crippen molar-refractivity contribution in [1.29, 1.82) is 0 Å². The van der Waals surface area contributed by atoms with Crippen LogP contribution in [0.25, 0.3) is 6.08 Å². The second-order valence-corrected chi connectivity index (χ2v) is 7.44. The number of hydrogen-bond donors (Lipinski definition) is 1. The molecule has 3 rings (SSSR count). The Hall–Kier alpha value is -2.77. The van der Waals surface area contributed by atoms with Gasteiger partial charge < -0.3 is 14.5 Å². The van der Waals surface area contributed by atoms with E-state index in [0.717, 1.165) is 9.79 Å². The minimum Gasteiger partial charge on any atom is -0.452 e. The molecule has 0 radical (unpaired) electrons. The number of esters is 1. The SMILES string of the molecule is O=C(COC(=O)C=Cc1ccc(Br)o1)Nc1ccccc1Sc1ccccc1. The van der Waals surface area contributed by atoms with E-state index in [0.29, 0.717) is 16.1 Å². The van der Waals surface area contributed by atoms with Crippen LogP contribution in [0.5, 0.6) is 0 Å². The third-order valence-corrected chi connectivity index (χ3v) is 4.97. The minimum atomic E-state index is -0.630. The summed E-state index contributed by atoms with van der Waals surface area (Å²) in [6.45, 7) is -0.380. The summed E-state index contributed by atoms with van der Waals surface area (Å²) in [6, 6.07) is 20.7. The fraction of sp³-hybridized carbons (Fsp3) is 0.0476. The Bertz CT molecular complexity index is 985. The van der Waals surface area contributed by atoms with Crippen LogP contribution < -0.4 is 5.32 Å². The van der Waals surface area contributed by atoms with E-state index in [1.165, 1.54) is 12.2 Å². The Morgan fingerprint density at radius 1 is 1.04 bits per heavy atom. The number of anilines is 1. The fourth-order valence-corrected chi connectivity index (χ4v) is 3.46. The lowest BCUT2D eigenvalue weighted by Crippen LogP contribution is -2.20. The highest BCUT2D eigenvalue weighted by atomic mass is 79.9. The highest BCUT2D eigenvalue weighted by Crippen LogP contribution is 2.33. The molecule has 1 aromatic heterocycles. The van der Waals surface area contributed by atoms with E-state index in [9.17, 15) is 9.59 Å². The summed E-state index contributed by atoms with van der Waals surface area (Å²) in [7, 11) is 0. The van der Waals surface area contributed by atoms with Gasteiger partial charge in [0.05, 0.1) is 5.69 Å². The van der Waals surface area contributed by atoms with Gasteiger partial charge in [-0.1, -0.05) is 42.1 Å². The van der Waals surface area contributed by atoms with Crippen LogP contribution in [0.3, 0.4) is 0 Å². The van der Waals surface area contributed by atoms with Crippen molar-refractivity contribution < 1.29 is 18.7 Å². The van der Waals surface area contributed by atoms with Gasteiger partial charge in [0.2, 0.25) is 0 Å². The van der Waals surface area contributed by atoms with Crippen molar-refractivity contribution in [3.05, 3.63) is 83.2 Å². The molecule has 2 aromatic carbocycles. The maximum atomic E-state index is 12.2. The average molecular weight is 458 g/mol. The van der Waals surface area contributed by atoms with Gasteiger partial charge in [-0.05, 0) is 58.4 Å². The molecule has 0 unspecified atom stereocenters. The number of halogens is 1. The first kappa shape index (κ1) is 20.0. The van der Waals surface area contributed by atoms with Gasteiger partial charge in [-0.2, -0.15) is 0 Å². The zero-order valence-corrected chi connectivity index (χ0v) is 17.0. The Balaban J connectivity index is 1.53. The molecule has 0 aliphatic carbocycles. The van der Waals surface area contributed by atoms with Crippen molar-refractivity contribution >= 4 is 51.3 Å². The average Bonchev–Trinajstić information content (AvgIpc) is 3.12. The lowest BCUT2D eigenvalue weighted by atomic mass is 10.3. The van der Waals surface area contributed by atoms with Gasteiger partial charge in [0.25, 0.3) is 5.91 Å². The van der Waals surface area contributed by atoms with Crippen LogP contribution in [0.1, 0.15) is 5.76 Å². The van der Waals surface area contributed by atoms with Crippen molar-refractivity contribution in [3.63, 3.8) is 0 Å². The van der Waals surface area contributed by atoms with E-state index in [1.807, 2.05) is 48.5 Å². The molecule has 0 aliphatic heterocycles. The van der Waals surface area contributed by atoms with Gasteiger partial charge in [-0.25, -0.2) is 4.79 Å². The zero-order valence-electron chi connectivity index (χ0n) is 14.6. The number of carbonyl (C=O) groups excluding carboxylic acids is 2. The van der Waals surface area contributed by atoms with Crippen LogP contribution in [0, 0.1) is 0 Å². The molecule has 1 N–H and O–H groups in total. The Morgan fingerprint density at radius 2 is 1.79 bits per heavy atom. The number of benzene rings is 2. The van der Waals surface area contributed by atoms with Crippen molar-refractivity contribution in [1.82, 2.24) is 0 Å². The molecule has 0 spiro atoms. The summed E-state index contributed by atoms with van der Waals surface area (Å²) in [4.78, 5) is 25.9. The van der Waals surface area contributed by atoms with Crippen molar-refractivity contribution in [2.75, 3.05) is 11.9 Å². The third-order valence-electron chi connectivity index (χ3n) is 3.46. The first-order valence-corrected chi connectivity index (χ1v) is 9.93. The molecule has 0 aliphatic rings. The quantitative estimate of drug-likeness (QED) is 0.380. The molecular weight excluding hydrogens is 442 g/mol. The fourth-order valence-electron chi connectivity index (χ4n) is 2.21. The van der Waals surface area contributed by atoms with Gasteiger partial charge in [0.1, 0.15) is 5.76 Å². The van der Waals surface area contributed by atoms with E-state index in [2.05, 4.69) is 21.2 Å². The second-order valence-electron chi connectivity index (χ2n) is 5.54. The van der Waals surface area contributed by atoms with E-state index in [-0.39, 0.29) is 6.61 Å². The molecule has 0 saturated carbocycles. The highest BCUT2D eigenvalue weighted by molar-refractivity contribution is 9.10. The van der Waals surface area contributed by atoms with E-state index in [1.54, 1.807) is 30.0 Å². The number of para-hydroxylation sites is 1. The number of nitrogens with one attached hydrogen (secondary N) is 1. The molecule has 0 atom stereocenters. The summed E-state index contributed by atoms with van der Waals surface area (Å²) in [5, 5.41) is 2.78. The van der Waals surface area contributed by atoms with Crippen molar-refractivity contribution in [2.24, 2.45) is 0 Å². The van der Waals surface area contributed by atoms with Crippen LogP contribution in [0.15, 0.2) is 91.7 Å². The maximum absolute atomic E-state index is 12.2. The Labute approximate surface area is 174 Å². The number of amides is 1. The van der Waals surface area contributed by atoms with E-state index >= 15 is 0 Å². The van der Waals surface area contributed by atoms with Gasteiger partial charge in [0.15, 0.2) is 11.3 Å². The van der Waals surface area contributed by atoms with E-state index in [4.69, 9.17) is 9.15 Å². The second kappa shape index (κ2) is 9.96. The van der Waals surface area contributed by atoms with Crippen LogP contribution in [-0.2, 0) is 14.3 Å². The van der Waals surface area contributed by atoms with Crippen LogP contribution in [0.2, 0.25) is 0 Å². The van der Waals surface area contributed by atoms with Crippen LogP contribution in [-0.4, -0.2) is 18.5 Å². The lowest BCUT2D eigenvalue weighted by Gasteiger charge is -2.10. The maximum Gasteiger partial charge on any atom is 0.331 e. The topological polar surface area (TPSA) is 68.5 Å². The molecule has 3 aromatic rings. The lowest BCUT2D eigenvalue weighted by molar-refractivity contribution is -0.142. The number of furan rings is 1. The normalized spacial score (nSPS) is 10.8. The number of hydrogen-bond acceptors (Lipinski definition) is 5. The summed E-state index contributed by atoms with van der Waals surface area (Å²) in [6.07, 6.45) is 2.68. The summed E-state index contributed by atoms with van der Waals surface area (Å²) in [5.41, 5.74) is 0.661. The first-order valence-electron chi connectivity index (χ1n) is 8.32. The van der Waals surface area contributed by atoms with Gasteiger partial charge >= 0.3 is 5.97 Å². The molecule has 1 amide bonds. The summed E-state index contributed by atoms with van der Waals surface area (Å²) < 4.78 is 10.8. The predicted octanol–water partition coefficient (Wildman–Crippen LogP) is 5.39. The minimum absolute atomic E-state index is 0.380. The molecule has 0 saturated heterocycles. The van der Waals surface area contributed by atoms with Gasteiger partial charge in [-0.15, -0.1) is 0 Å². The number of rotatable bonds is 7. The highest BCUT2D eigenvalue weighted by Gasteiger charge is 2.10. The third kappa shape index (κ3) is 6.14. The molecular formula is C21H16BrNO4S. The molecule has 5 nitrogen and oxygen atoms in total.